The average molecular weight is 334 g/mol. The van der Waals surface area contributed by atoms with E-state index in [2.05, 4.69) is 74.0 Å². The van der Waals surface area contributed by atoms with Crippen molar-refractivity contribution in [2.45, 2.75) is 19.5 Å². The molecule has 24 heavy (non-hydrogen) atoms. The van der Waals surface area contributed by atoms with Gasteiger partial charge in [0.25, 0.3) is 0 Å². The van der Waals surface area contributed by atoms with Crippen LogP contribution in [-0.4, -0.2) is 19.1 Å². The summed E-state index contributed by atoms with van der Waals surface area (Å²) in [6, 6.07) is 12.9. The zero-order chi connectivity index (χ0) is 16.4. The van der Waals surface area contributed by atoms with Crippen molar-refractivity contribution in [2.75, 3.05) is 0 Å². The van der Waals surface area contributed by atoms with Gasteiger partial charge in [0.15, 0.2) is 5.82 Å². The molecule has 0 N–H and O–H groups in total. The summed E-state index contributed by atoms with van der Waals surface area (Å²) in [5.74, 6) is 1.02. The lowest BCUT2D eigenvalue weighted by atomic mass is 10.1. The fourth-order valence-electron chi connectivity index (χ4n) is 2.97. The molecule has 0 radical (unpaired) electrons. The highest BCUT2D eigenvalue weighted by atomic mass is 32.1. The van der Waals surface area contributed by atoms with E-state index in [0.29, 0.717) is 0 Å². The van der Waals surface area contributed by atoms with E-state index < -0.39 is 0 Å². The van der Waals surface area contributed by atoms with Gasteiger partial charge in [0.05, 0.1) is 17.2 Å². The van der Waals surface area contributed by atoms with Crippen LogP contribution in [0.1, 0.15) is 17.2 Å². The monoisotopic (exact) mass is 334 g/mol. The van der Waals surface area contributed by atoms with Crippen LogP contribution in [0.5, 0.6) is 0 Å². The van der Waals surface area contributed by atoms with Crippen LogP contribution in [0.4, 0.5) is 0 Å². The van der Waals surface area contributed by atoms with E-state index in [1.165, 1.54) is 16.0 Å². The third-order valence-corrected chi connectivity index (χ3v) is 5.21. The molecule has 0 unspecified atom stereocenters. The van der Waals surface area contributed by atoms with Crippen molar-refractivity contribution in [3.05, 3.63) is 84.0 Å². The van der Waals surface area contributed by atoms with Gasteiger partial charge in [-0.2, -0.15) is 0 Å². The third-order valence-electron chi connectivity index (χ3n) is 4.20. The molecular weight excluding hydrogens is 316 g/mol. The molecule has 3 aromatic heterocycles. The van der Waals surface area contributed by atoms with Crippen molar-refractivity contribution < 1.29 is 0 Å². The van der Waals surface area contributed by atoms with Crippen molar-refractivity contribution >= 4 is 11.3 Å². The first-order valence-corrected chi connectivity index (χ1v) is 8.79. The molecule has 4 rings (SSSR count). The summed E-state index contributed by atoms with van der Waals surface area (Å²) < 4.78 is 4.39. The third kappa shape index (κ3) is 2.78. The summed E-state index contributed by atoms with van der Waals surface area (Å²) in [7, 11) is 0. The summed E-state index contributed by atoms with van der Waals surface area (Å²) in [5.41, 5.74) is 2.53. The smallest absolute Gasteiger partial charge is 0.150 e. The number of benzene rings is 1. The van der Waals surface area contributed by atoms with Gasteiger partial charge in [-0.05, 0) is 29.5 Å². The number of imidazole rings is 2. The van der Waals surface area contributed by atoms with E-state index >= 15 is 0 Å². The fraction of sp³-hybridized carbons (Fsp3) is 0.158. The Kier molecular flexibility index (Phi) is 4.01. The highest BCUT2D eigenvalue weighted by Gasteiger charge is 2.19. The minimum atomic E-state index is 0.166. The van der Waals surface area contributed by atoms with Crippen molar-refractivity contribution in [3.8, 4) is 10.7 Å². The highest BCUT2D eigenvalue weighted by molar-refractivity contribution is 7.13. The first-order chi connectivity index (χ1) is 11.8. The molecule has 1 aromatic carbocycles. The topological polar surface area (TPSA) is 35.6 Å². The molecule has 0 aliphatic carbocycles. The van der Waals surface area contributed by atoms with Crippen molar-refractivity contribution in [1.82, 2.24) is 19.1 Å². The van der Waals surface area contributed by atoms with Crippen LogP contribution in [0, 0.1) is 6.92 Å². The van der Waals surface area contributed by atoms with Gasteiger partial charge in [0.2, 0.25) is 0 Å². The molecule has 120 valence electrons. The Bertz CT molecular complexity index is 906. The van der Waals surface area contributed by atoms with Crippen LogP contribution in [0.15, 0.2) is 72.9 Å². The van der Waals surface area contributed by atoms with Gasteiger partial charge in [-0.15, -0.1) is 11.3 Å². The molecule has 0 saturated carbocycles. The number of aromatic nitrogens is 4. The van der Waals surface area contributed by atoms with Crippen LogP contribution < -0.4 is 0 Å². The standard InChI is InChI=1S/C19H18N4S/c1-15-7-12-24-18(15)19-21-9-11-23(19)17(13-22-10-8-20-14-22)16-5-3-2-4-6-16/h2-12,14,17H,13H2,1H3/t17-/m0/s1. The van der Waals surface area contributed by atoms with Gasteiger partial charge in [0.1, 0.15) is 0 Å². The minimum Gasteiger partial charge on any atom is -0.335 e. The van der Waals surface area contributed by atoms with Crippen LogP contribution in [-0.2, 0) is 6.54 Å². The number of hydrogen-bond acceptors (Lipinski definition) is 3. The van der Waals surface area contributed by atoms with Gasteiger partial charge in [-0.25, -0.2) is 9.97 Å². The largest absolute Gasteiger partial charge is 0.335 e. The Morgan fingerprint density at radius 2 is 1.96 bits per heavy atom. The van der Waals surface area contributed by atoms with Gasteiger partial charge in [0, 0.05) is 31.3 Å². The molecule has 0 aliphatic heterocycles. The van der Waals surface area contributed by atoms with Gasteiger partial charge in [-0.3, -0.25) is 0 Å². The summed E-state index contributed by atoms with van der Waals surface area (Å²) in [6.45, 7) is 2.95. The Morgan fingerprint density at radius 3 is 2.67 bits per heavy atom. The second-order valence-corrected chi connectivity index (χ2v) is 6.69. The van der Waals surface area contributed by atoms with Crippen molar-refractivity contribution in [1.29, 1.82) is 0 Å². The fourth-order valence-corrected chi connectivity index (χ4v) is 3.89. The number of nitrogens with zero attached hydrogens (tertiary/aromatic N) is 4. The molecule has 3 heterocycles. The zero-order valence-corrected chi connectivity index (χ0v) is 14.2. The van der Waals surface area contributed by atoms with E-state index in [1.807, 2.05) is 24.9 Å². The Labute approximate surface area is 145 Å². The molecule has 0 fully saturated rings. The normalized spacial score (nSPS) is 12.4. The van der Waals surface area contributed by atoms with E-state index in [1.54, 1.807) is 11.3 Å². The maximum atomic E-state index is 4.64. The first kappa shape index (κ1) is 14.9. The maximum Gasteiger partial charge on any atom is 0.150 e. The van der Waals surface area contributed by atoms with Crippen LogP contribution in [0.3, 0.4) is 0 Å². The molecule has 4 nitrogen and oxygen atoms in total. The zero-order valence-electron chi connectivity index (χ0n) is 13.4. The summed E-state index contributed by atoms with van der Waals surface area (Å²) in [5, 5.41) is 2.12. The SMILES string of the molecule is Cc1ccsc1-c1nccn1[C@@H](Cn1ccnc1)c1ccccc1. The van der Waals surface area contributed by atoms with Crippen molar-refractivity contribution in [3.63, 3.8) is 0 Å². The molecule has 0 saturated heterocycles. The molecule has 0 bridgehead atoms. The number of hydrogen-bond donors (Lipinski definition) is 0. The quantitative estimate of drug-likeness (QED) is 0.542. The number of aryl methyl sites for hydroxylation is 1. The van der Waals surface area contributed by atoms with E-state index in [9.17, 15) is 0 Å². The summed E-state index contributed by atoms with van der Waals surface area (Å²) in [6.07, 6.45) is 9.65. The van der Waals surface area contributed by atoms with Crippen LogP contribution in [0.25, 0.3) is 10.7 Å². The minimum absolute atomic E-state index is 0.166. The lowest BCUT2D eigenvalue weighted by Crippen LogP contribution is -2.17. The van der Waals surface area contributed by atoms with E-state index in [4.69, 9.17) is 0 Å². The molecule has 0 aliphatic rings. The highest BCUT2D eigenvalue weighted by Crippen LogP contribution is 2.32. The van der Waals surface area contributed by atoms with Crippen LogP contribution in [0.2, 0.25) is 0 Å². The van der Waals surface area contributed by atoms with Gasteiger partial charge < -0.3 is 9.13 Å². The predicted molar refractivity (Wildman–Crippen MR) is 97.1 cm³/mol. The number of rotatable bonds is 5. The molecular formula is C19H18N4S. The summed E-state index contributed by atoms with van der Waals surface area (Å²) >= 11 is 1.74. The molecule has 1 atom stereocenters. The van der Waals surface area contributed by atoms with Crippen molar-refractivity contribution in [2.24, 2.45) is 0 Å². The Morgan fingerprint density at radius 1 is 1.08 bits per heavy atom. The van der Waals surface area contributed by atoms with Gasteiger partial charge >= 0.3 is 0 Å². The second kappa shape index (κ2) is 6.45. The van der Waals surface area contributed by atoms with E-state index in [0.717, 1.165) is 12.4 Å². The lowest BCUT2D eigenvalue weighted by Gasteiger charge is -2.22. The lowest BCUT2D eigenvalue weighted by molar-refractivity contribution is 0.497. The first-order valence-electron chi connectivity index (χ1n) is 7.91. The summed E-state index contributed by atoms with van der Waals surface area (Å²) in [4.78, 5) is 10.0. The Hall–Kier alpha value is -2.66. The maximum absolute atomic E-state index is 4.64. The molecule has 0 amide bonds. The number of thiophene rings is 1. The molecule has 5 heteroatoms. The molecule has 0 spiro atoms. The Balaban J connectivity index is 1.80. The second-order valence-electron chi connectivity index (χ2n) is 5.78. The molecule has 4 aromatic rings. The van der Waals surface area contributed by atoms with E-state index in [-0.39, 0.29) is 6.04 Å². The van der Waals surface area contributed by atoms with Crippen LogP contribution >= 0.6 is 11.3 Å². The average Bonchev–Trinajstić information content (AvgIpc) is 3.35. The van der Waals surface area contributed by atoms with Gasteiger partial charge in [-0.1, -0.05) is 30.3 Å². The predicted octanol–water partition coefficient (Wildman–Crippen LogP) is 4.41.